The van der Waals surface area contributed by atoms with Crippen LogP contribution in [0.4, 0.5) is 11.4 Å². The lowest BCUT2D eigenvalue weighted by atomic mass is 10.2. The highest BCUT2D eigenvalue weighted by molar-refractivity contribution is 7.92. The molecule has 0 spiro atoms. The molecule has 2 aromatic rings. The molecule has 1 aliphatic heterocycles. The predicted octanol–water partition coefficient (Wildman–Crippen LogP) is 1.85. The molecule has 7 heteroatoms. The van der Waals surface area contributed by atoms with Crippen molar-refractivity contribution in [2.45, 2.75) is 17.7 Å². The van der Waals surface area contributed by atoms with Gasteiger partial charge in [-0.25, -0.2) is 8.42 Å². The third-order valence-corrected chi connectivity index (χ3v) is 6.27. The largest absolute Gasteiger partial charge is 0.368 e. The van der Waals surface area contributed by atoms with E-state index in [9.17, 15) is 8.42 Å². The van der Waals surface area contributed by atoms with Crippen LogP contribution in [0.25, 0.3) is 0 Å². The fourth-order valence-corrected chi connectivity index (χ4v) is 4.56. The Bertz CT molecular complexity index is 826. The number of nitrogens with zero attached hydrogens (tertiary/aromatic N) is 4. The number of anilines is 2. The molecule has 23 heavy (non-hydrogen) atoms. The molecule has 0 atom stereocenters. The Morgan fingerprint density at radius 2 is 1.91 bits per heavy atom. The van der Waals surface area contributed by atoms with E-state index in [1.54, 1.807) is 13.2 Å². The van der Waals surface area contributed by atoms with Crippen molar-refractivity contribution in [2.24, 2.45) is 13.0 Å². The quantitative estimate of drug-likeness (QED) is 0.857. The number of fused-ring (bicyclic) bond motifs is 1. The minimum atomic E-state index is -3.57. The first kappa shape index (κ1) is 14.6. The Labute approximate surface area is 136 Å². The zero-order chi connectivity index (χ0) is 16.0. The molecule has 0 saturated heterocycles. The van der Waals surface area contributed by atoms with E-state index in [4.69, 9.17) is 0 Å². The summed E-state index contributed by atoms with van der Waals surface area (Å²) in [4.78, 5) is 2.56. The molecule has 2 heterocycles. The third kappa shape index (κ3) is 2.59. The normalized spacial score (nSPS) is 18.1. The average molecular weight is 332 g/mol. The van der Waals surface area contributed by atoms with Crippen molar-refractivity contribution in [3.8, 4) is 0 Å². The minimum Gasteiger partial charge on any atom is -0.368 e. The van der Waals surface area contributed by atoms with E-state index >= 15 is 0 Å². The topological polar surface area (TPSA) is 58.4 Å². The van der Waals surface area contributed by atoms with Crippen LogP contribution in [0.3, 0.4) is 0 Å². The highest BCUT2D eigenvalue weighted by Crippen LogP contribution is 2.39. The van der Waals surface area contributed by atoms with Gasteiger partial charge in [-0.1, -0.05) is 12.1 Å². The van der Waals surface area contributed by atoms with Gasteiger partial charge in [-0.15, -0.1) is 0 Å². The summed E-state index contributed by atoms with van der Waals surface area (Å²) in [6.45, 7) is 2.23. The Kier molecular flexibility index (Phi) is 3.33. The first-order valence-electron chi connectivity index (χ1n) is 7.91. The maximum atomic E-state index is 13.0. The molecule has 0 unspecified atom stereocenters. The van der Waals surface area contributed by atoms with E-state index < -0.39 is 10.0 Å². The van der Waals surface area contributed by atoms with Gasteiger partial charge in [0.05, 0.1) is 24.1 Å². The van der Waals surface area contributed by atoms with Crippen LogP contribution in [0, 0.1) is 5.92 Å². The van der Waals surface area contributed by atoms with Crippen molar-refractivity contribution >= 4 is 21.4 Å². The van der Waals surface area contributed by atoms with Gasteiger partial charge in [0.2, 0.25) is 0 Å². The molecule has 0 amide bonds. The average Bonchev–Trinajstić information content (AvgIpc) is 3.25. The van der Waals surface area contributed by atoms with Crippen molar-refractivity contribution in [1.82, 2.24) is 9.78 Å². The summed E-state index contributed by atoms with van der Waals surface area (Å²) < 4.78 is 28.9. The molecule has 2 aliphatic rings. The summed E-state index contributed by atoms with van der Waals surface area (Å²) in [5, 5.41) is 4.00. The van der Waals surface area contributed by atoms with E-state index in [0.717, 1.165) is 30.4 Å². The molecule has 1 saturated carbocycles. The summed E-state index contributed by atoms with van der Waals surface area (Å²) in [5.74, 6) is 0.768. The van der Waals surface area contributed by atoms with Gasteiger partial charge in [0.15, 0.2) is 0 Å². The van der Waals surface area contributed by atoms with Crippen LogP contribution in [-0.2, 0) is 17.1 Å². The van der Waals surface area contributed by atoms with Crippen LogP contribution in [-0.4, -0.2) is 37.8 Å². The van der Waals surface area contributed by atoms with Crippen LogP contribution in [0.2, 0.25) is 0 Å². The second kappa shape index (κ2) is 5.26. The molecule has 1 aliphatic carbocycles. The lowest BCUT2D eigenvalue weighted by Crippen LogP contribution is -2.44. The number of hydrogen-bond donors (Lipinski definition) is 0. The number of para-hydroxylation sites is 2. The van der Waals surface area contributed by atoms with Crippen LogP contribution >= 0.6 is 0 Å². The van der Waals surface area contributed by atoms with E-state index in [-0.39, 0.29) is 4.90 Å². The number of aryl methyl sites for hydroxylation is 1. The molecule has 122 valence electrons. The molecular formula is C16H20N4O2S. The number of rotatable bonds is 4. The first-order chi connectivity index (χ1) is 11.1. The highest BCUT2D eigenvalue weighted by Gasteiger charge is 2.34. The number of hydrogen-bond acceptors (Lipinski definition) is 4. The van der Waals surface area contributed by atoms with Gasteiger partial charge < -0.3 is 4.90 Å². The lowest BCUT2D eigenvalue weighted by molar-refractivity contribution is 0.587. The van der Waals surface area contributed by atoms with Crippen molar-refractivity contribution in [2.75, 3.05) is 28.8 Å². The highest BCUT2D eigenvalue weighted by atomic mass is 32.2. The zero-order valence-electron chi connectivity index (χ0n) is 13.1. The monoisotopic (exact) mass is 332 g/mol. The molecule has 1 fully saturated rings. The molecular weight excluding hydrogens is 312 g/mol. The standard InChI is InChI=1S/C16H20N4O2S/c1-18-12-14(10-17-18)23(21,22)20-9-8-19(11-13-6-7-13)15-4-2-3-5-16(15)20/h2-5,10,12-13H,6-9,11H2,1H3. The van der Waals surface area contributed by atoms with Crippen LogP contribution in [0.5, 0.6) is 0 Å². The van der Waals surface area contributed by atoms with Crippen molar-refractivity contribution in [3.05, 3.63) is 36.7 Å². The van der Waals surface area contributed by atoms with Crippen molar-refractivity contribution in [1.29, 1.82) is 0 Å². The SMILES string of the molecule is Cn1cc(S(=O)(=O)N2CCN(CC3CC3)c3ccccc32)cn1. The number of benzene rings is 1. The fourth-order valence-electron chi connectivity index (χ4n) is 3.11. The zero-order valence-corrected chi connectivity index (χ0v) is 13.9. The maximum Gasteiger partial charge on any atom is 0.267 e. The summed E-state index contributed by atoms with van der Waals surface area (Å²) in [6, 6.07) is 7.77. The van der Waals surface area contributed by atoms with E-state index in [1.807, 2.05) is 24.3 Å². The Morgan fingerprint density at radius 3 is 2.57 bits per heavy atom. The van der Waals surface area contributed by atoms with Crippen LogP contribution in [0.15, 0.2) is 41.6 Å². The second-order valence-electron chi connectivity index (χ2n) is 6.30. The van der Waals surface area contributed by atoms with E-state index in [1.165, 1.54) is 28.0 Å². The van der Waals surface area contributed by atoms with Crippen LogP contribution < -0.4 is 9.21 Å². The molecule has 0 radical (unpaired) electrons. The summed E-state index contributed by atoms with van der Waals surface area (Å²) in [6.07, 6.45) is 5.54. The van der Waals surface area contributed by atoms with E-state index in [2.05, 4.69) is 10.00 Å². The predicted molar refractivity (Wildman–Crippen MR) is 89.1 cm³/mol. The summed E-state index contributed by atoms with van der Waals surface area (Å²) in [5.41, 5.74) is 1.78. The maximum absolute atomic E-state index is 13.0. The van der Waals surface area contributed by atoms with Gasteiger partial charge in [0.25, 0.3) is 10.0 Å². The van der Waals surface area contributed by atoms with Gasteiger partial charge >= 0.3 is 0 Å². The molecule has 1 aromatic heterocycles. The number of sulfonamides is 1. The second-order valence-corrected chi connectivity index (χ2v) is 8.17. The van der Waals surface area contributed by atoms with Crippen molar-refractivity contribution < 1.29 is 8.42 Å². The molecule has 0 N–H and O–H groups in total. The minimum absolute atomic E-state index is 0.241. The van der Waals surface area contributed by atoms with Crippen LogP contribution in [0.1, 0.15) is 12.8 Å². The smallest absolute Gasteiger partial charge is 0.267 e. The van der Waals surface area contributed by atoms with Gasteiger partial charge in [0, 0.05) is 26.3 Å². The van der Waals surface area contributed by atoms with Gasteiger partial charge in [0.1, 0.15) is 4.90 Å². The third-order valence-electron chi connectivity index (χ3n) is 4.51. The molecule has 6 nitrogen and oxygen atoms in total. The molecule has 4 rings (SSSR count). The Hall–Kier alpha value is -2.02. The van der Waals surface area contributed by atoms with E-state index in [0.29, 0.717) is 6.54 Å². The summed E-state index contributed by atoms with van der Waals surface area (Å²) in [7, 11) is -1.84. The van der Waals surface area contributed by atoms with Gasteiger partial charge in [-0.05, 0) is 30.9 Å². The lowest BCUT2D eigenvalue weighted by Gasteiger charge is -2.38. The van der Waals surface area contributed by atoms with Gasteiger partial charge in [-0.2, -0.15) is 5.10 Å². The molecule has 0 bridgehead atoms. The fraction of sp³-hybridized carbons (Fsp3) is 0.438. The summed E-state index contributed by atoms with van der Waals surface area (Å²) >= 11 is 0. The Morgan fingerprint density at radius 1 is 1.17 bits per heavy atom. The van der Waals surface area contributed by atoms with Crippen molar-refractivity contribution in [3.63, 3.8) is 0 Å². The number of aromatic nitrogens is 2. The first-order valence-corrected chi connectivity index (χ1v) is 9.35. The molecule has 1 aromatic carbocycles. The Balaban J connectivity index is 1.72. The van der Waals surface area contributed by atoms with Gasteiger partial charge in [-0.3, -0.25) is 8.99 Å².